The van der Waals surface area contributed by atoms with Gasteiger partial charge in [-0.05, 0) is 25.8 Å². The van der Waals surface area contributed by atoms with Gasteiger partial charge in [-0.15, -0.1) is 0 Å². The van der Waals surface area contributed by atoms with E-state index in [4.69, 9.17) is 0 Å². The van der Waals surface area contributed by atoms with E-state index >= 15 is 0 Å². The number of carbonyl (C=O) groups excluding carboxylic acids is 1. The van der Waals surface area contributed by atoms with Crippen LogP contribution in [0.15, 0.2) is 30.3 Å². The summed E-state index contributed by atoms with van der Waals surface area (Å²) in [4.78, 5) is 14.6. The summed E-state index contributed by atoms with van der Waals surface area (Å²) in [6.07, 6.45) is 2.71. The Bertz CT molecular complexity index is 442. The molecule has 1 heterocycles. The molecule has 0 radical (unpaired) electrons. The summed E-state index contributed by atoms with van der Waals surface area (Å²) in [5.41, 5.74) is 1.22. The molecule has 3 nitrogen and oxygen atoms in total. The largest absolute Gasteiger partial charge is 0.333 e. The topological polar surface area (TPSA) is 32.3 Å². The highest BCUT2D eigenvalue weighted by Crippen LogP contribution is 2.27. The molecule has 1 fully saturated rings. The highest BCUT2D eigenvalue weighted by molar-refractivity contribution is 5.77. The van der Waals surface area contributed by atoms with Crippen molar-refractivity contribution in [1.82, 2.24) is 10.2 Å². The van der Waals surface area contributed by atoms with Crippen molar-refractivity contribution < 1.29 is 4.79 Å². The minimum atomic E-state index is -0.00679. The zero-order valence-corrected chi connectivity index (χ0v) is 12.9. The molecule has 0 spiro atoms. The van der Waals surface area contributed by atoms with Gasteiger partial charge >= 0.3 is 0 Å². The maximum absolute atomic E-state index is 12.5. The molecule has 0 saturated carbocycles. The van der Waals surface area contributed by atoms with E-state index in [9.17, 15) is 4.79 Å². The van der Waals surface area contributed by atoms with Crippen LogP contribution >= 0.6 is 0 Å². The highest BCUT2D eigenvalue weighted by atomic mass is 16.2. The first kappa shape index (κ1) is 15.0. The maximum Gasteiger partial charge on any atom is 0.223 e. The van der Waals surface area contributed by atoms with E-state index in [0.717, 1.165) is 25.9 Å². The third-order valence-electron chi connectivity index (χ3n) is 3.96. The normalized spacial score (nSPS) is 21.8. The third kappa shape index (κ3) is 3.60. The van der Waals surface area contributed by atoms with Crippen molar-refractivity contribution in [3.8, 4) is 0 Å². The van der Waals surface area contributed by atoms with E-state index in [1.54, 1.807) is 0 Å². The first-order valence-corrected chi connectivity index (χ1v) is 7.63. The van der Waals surface area contributed by atoms with E-state index in [-0.39, 0.29) is 17.5 Å². The monoisotopic (exact) mass is 274 g/mol. The molecule has 2 rings (SSSR count). The lowest BCUT2D eigenvalue weighted by Crippen LogP contribution is -2.59. The zero-order chi connectivity index (χ0) is 14.6. The first-order chi connectivity index (χ1) is 9.53. The van der Waals surface area contributed by atoms with Crippen LogP contribution in [0.3, 0.4) is 0 Å². The number of hydrogen-bond donors (Lipinski definition) is 1. The highest BCUT2D eigenvalue weighted by Gasteiger charge is 2.35. The summed E-state index contributed by atoms with van der Waals surface area (Å²) in [5.74, 6) is 0.287. The van der Waals surface area contributed by atoms with Crippen LogP contribution in [0.1, 0.15) is 51.6 Å². The SMILES string of the molecule is CCCCC(=O)N1CC(C)(C)NCC1c1ccccc1. The van der Waals surface area contributed by atoms with Crippen molar-refractivity contribution in [1.29, 1.82) is 0 Å². The Morgan fingerprint density at radius 1 is 1.35 bits per heavy atom. The number of rotatable bonds is 4. The van der Waals surface area contributed by atoms with Crippen LogP contribution in [0.25, 0.3) is 0 Å². The average Bonchev–Trinajstić information content (AvgIpc) is 2.44. The van der Waals surface area contributed by atoms with Crippen LogP contribution in [-0.4, -0.2) is 29.4 Å². The van der Waals surface area contributed by atoms with Crippen LogP contribution in [0.2, 0.25) is 0 Å². The summed E-state index contributed by atoms with van der Waals surface area (Å²) in [7, 11) is 0. The maximum atomic E-state index is 12.5. The molecule has 110 valence electrons. The molecule has 1 aliphatic heterocycles. The fourth-order valence-corrected chi connectivity index (χ4v) is 2.78. The van der Waals surface area contributed by atoms with Crippen molar-refractivity contribution >= 4 is 5.91 Å². The van der Waals surface area contributed by atoms with E-state index in [2.05, 4.69) is 43.1 Å². The van der Waals surface area contributed by atoms with Crippen LogP contribution < -0.4 is 5.32 Å². The summed E-state index contributed by atoms with van der Waals surface area (Å²) in [6.45, 7) is 8.05. The smallest absolute Gasteiger partial charge is 0.223 e. The van der Waals surface area contributed by atoms with Gasteiger partial charge in [-0.2, -0.15) is 0 Å². The van der Waals surface area contributed by atoms with Gasteiger partial charge in [0.05, 0.1) is 6.04 Å². The van der Waals surface area contributed by atoms with Gasteiger partial charge in [0.1, 0.15) is 0 Å². The Hall–Kier alpha value is -1.35. The molecule has 1 aromatic carbocycles. The number of hydrogen-bond acceptors (Lipinski definition) is 2. The van der Waals surface area contributed by atoms with Crippen molar-refractivity contribution in [2.45, 2.75) is 51.6 Å². The van der Waals surface area contributed by atoms with Gasteiger partial charge in [-0.25, -0.2) is 0 Å². The molecular formula is C17H26N2O. The third-order valence-corrected chi connectivity index (χ3v) is 3.96. The molecular weight excluding hydrogens is 248 g/mol. The number of piperazine rings is 1. The second-order valence-electron chi connectivity index (χ2n) is 6.32. The van der Waals surface area contributed by atoms with Crippen molar-refractivity contribution in [3.63, 3.8) is 0 Å². The van der Waals surface area contributed by atoms with Crippen molar-refractivity contribution in [3.05, 3.63) is 35.9 Å². The minimum absolute atomic E-state index is 0.00679. The summed E-state index contributed by atoms with van der Waals surface area (Å²) in [5, 5.41) is 3.55. The predicted molar refractivity (Wildman–Crippen MR) is 82.5 cm³/mol. The van der Waals surface area contributed by atoms with Gasteiger partial charge in [0, 0.05) is 25.0 Å². The van der Waals surface area contributed by atoms with Crippen LogP contribution in [0, 0.1) is 0 Å². The Labute approximate surface area is 122 Å². The summed E-state index contributed by atoms with van der Waals surface area (Å²) >= 11 is 0. The van der Waals surface area contributed by atoms with Crippen LogP contribution in [-0.2, 0) is 4.79 Å². The molecule has 20 heavy (non-hydrogen) atoms. The number of nitrogens with one attached hydrogen (secondary N) is 1. The quantitative estimate of drug-likeness (QED) is 0.915. The summed E-state index contributed by atoms with van der Waals surface area (Å²) < 4.78 is 0. The van der Waals surface area contributed by atoms with E-state index in [1.165, 1.54) is 5.56 Å². The molecule has 1 N–H and O–H groups in total. The van der Waals surface area contributed by atoms with Gasteiger partial charge in [-0.3, -0.25) is 4.79 Å². The number of benzene rings is 1. The lowest BCUT2D eigenvalue weighted by molar-refractivity contribution is -0.136. The molecule has 1 atom stereocenters. The Balaban J connectivity index is 2.18. The molecule has 0 aromatic heterocycles. The molecule has 0 aliphatic carbocycles. The number of carbonyl (C=O) groups is 1. The van der Waals surface area contributed by atoms with Crippen LogP contribution in [0.4, 0.5) is 0 Å². The fourth-order valence-electron chi connectivity index (χ4n) is 2.78. The number of unbranched alkanes of at least 4 members (excludes halogenated alkanes) is 1. The number of nitrogens with zero attached hydrogens (tertiary/aromatic N) is 1. The van der Waals surface area contributed by atoms with E-state index < -0.39 is 0 Å². The molecule has 1 aromatic rings. The van der Waals surface area contributed by atoms with Crippen LogP contribution in [0.5, 0.6) is 0 Å². The van der Waals surface area contributed by atoms with Crippen molar-refractivity contribution in [2.24, 2.45) is 0 Å². The van der Waals surface area contributed by atoms with Crippen molar-refractivity contribution in [2.75, 3.05) is 13.1 Å². The van der Waals surface area contributed by atoms with Gasteiger partial charge in [0.25, 0.3) is 0 Å². The summed E-state index contributed by atoms with van der Waals surface area (Å²) in [6, 6.07) is 10.5. The molecule has 0 bridgehead atoms. The average molecular weight is 274 g/mol. The molecule has 3 heteroatoms. The lowest BCUT2D eigenvalue weighted by Gasteiger charge is -2.45. The molecule has 1 aliphatic rings. The Kier molecular flexibility index (Phi) is 4.81. The molecule has 1 amide bonds. The molecule has 1 unspecified atom stereocenters. The minimum Gasteiger partial charge on any atom is -0.333 e. The second kappa shape index (κ2) is 6.40. The van der Waals surface area contributed by atoms with Gasteiger partial charge in [0.15, 0.2) is 0 Å². The Morgan fingerprint density at radius 3 is 2.70 bits per heavy atom. The lowest BCUT2D eigenvalue weighted by atomic mass is 9.94. The van der Waals surface area contributed by atoms with Gasteiger partial charge < -0.3 is 10.2 Å². The van der Waals surface area contributed by atoms with E-state index in [1.807, 2.05) is 18.2 Å². The zero-order valence-electron chi connectivity index (χ0n) is 12.9. The Morgan fingerprint density at radius 2 is 2.05 bits per heavy atom. The number of amides is 1. The first-order valence-electron chi connectivity index (χ1n) is 7.63. The fraction of sp³-hybridized carbons (Fsp3) is 0.588. The second-order valence-corrected chi connectivity index (χ2v) is 6.32. The van der Waals surface area contributed by atoms with Gasteiger partial charge in [0.2, 0.25) is 5.91 Å². The standard InChI is InChI=1S/C17H26N2O/c1-4-5-11-16(20)19-13-17(2,3)18-12-15(19)14-9-7-6-8-10-14/h6-10,15,18H,4-5,11-13H2,1-3H3. The van der Waals surface area contributed by atoms with Gasteiger partial charge in [-0.1, -0.05) is 43.7 Å². The molecule has 1 saturated heterocycles. The predicted octanol–water partition coefficient (Wildman–Crippen LogP) is 3.13. The van der Waals surface area contributed by atoms with E-state index in [0.29, 0.717) is 6.42 Å².